The number of amides is 1. The molecule has 1 aromatic carbocycles. The molecule has 7 nitrogen and oxygen atoms in total. The van der Waals surface area contributed by atoms with Gasteiger partial charge in [0.25, 0.3) is 5.91 Å². The second-order valence-corrected chi connectivity index (χ2v) is 10.2. The topological polar surface area (TPSA) is 84.3 Å². The maximum absolute atomic E-state index is 13.1. The summed E-state index contributed by atoms with van der Waals surface area (Å²) >= 11 is 1.67. The van der Waals surface area contributed by atoms with Crippen LogP contribution < -0.4 is 5.32 Å². The lowest BCUT2D eigenvalue weighted by Gasteiger charge is -2.26. The number of aryl methyl sites for hydroxylation is 1. The molecule has 0 unspecified atom stereocenters. The van der Waals surface area contributed by atoms with Gasteiger partial charge in [-0.15, -0.1) is 11.3 Å². The lowest BCUT2D eigenvalue weighted by atomic mass is 10.1. The Morgan fingerprint density at radius 1 is 1.23 bits per heavy atom. The standard InChI is InChI=1S/C21H24N4O3S2/c26-21(23-8-1-2-10-24-12-9-22-16-24)17-4-3-5-19(14-17)30(27,28)25-11-6-20-18(15-25)7-13-29-20/h3-5,7,9,12-14,16H,1-2,6,8,10-11,15H2,(H,23,26). The van der Waals surface area contributed by atoms with Crippen molar-refractivity contribution in [2.75, 3.05) is 13.1 Å². The largest absolute Gasteiger partial charge is 0.352 e. The van der Waals surface area contributed by atoms with E-state index in [2.05, 4.69) is 10.3 Å². The van der Waals surface area contributed by atoms with Crippen molar-refractivity contribution in [1.82, 2.24) is 19.2 Å². The summed E-state index contributed by atoms with van der Waals surface area (Å²) in [5.74, 6) is -0.256. The van der Waals surface area contributed by atoms with Crippen LogP contribution in [0.2, 0.25) is 0 Å². The molecular weight excluding hydrogens is 420 g/mol. The van der Waals surface area contributed by atoms with Crippen LogP contribution in [0.4, 0.5) is 0 Å². The van der Waals surface area contributed by atoms with Crippen LogP contribution in [0.1, 0.15) is 33.6 Å². The van der Waals surface area contributed by atoms with Crippen molar-refractivity contribution in [3.8, 4) is 0 Å². The highest BCUT2D eigenvalue weighted by Crippen LogP contribution is 2.28. The van der Waals surface area contributed by atoms with Gasteiger partial charge in [0.1, 0.15) is 0 Å². The summed E-state index contributed by atoms with van der Waals surface area (Å²) < 4.78 is 29.7. The van der Waals surface area contributed by atoms with Gasteiger partial charge >= 0.3 is 0 Å². The molecule has 4 rings (SSSR count). The number of rotatable bonds is 8. The third-order valence-corrected chi connectivity index (χ3v) is 8.06. The van der Waals surface area contributed by atoms with Crippen molar-refractivity contribution in [1.29, 1.82) is 0 Å². The molecule has 0 aliphatic carbocycles. The molecule has 3 heterocycles. The minimum atomic E-state index is -3.64. The average Bonchev–Trinajstić information content (AvgIpc) is 3.44. The number of nitrogens with zero attached hydrogens (tertiary/aromatic N) is 3. The molecule has 0 spiro atoms. The van der Waals surface area contributed by atoms with E-state index in [1.54, 1.807) is 42.1 Å². The fourth-order valence-corrected chi connectivity index (χ4v) is 5.87. The number of imidazole rings is 1. The molecule has 0 atom stereocenters. The van der Waals surface area contributed by atoms with Gasteiger partial charge in [0, 0.05) is 49.0 Å². The first-order chi connectivity index (χ1) is 14.5. The van der Waals surface area contributed by atoms with Crippen LogP contribution in [-0.2, 0) is 29.5 Å². The molecule has 158 valence electrons. The van der Waals surface area contributed by atoms with Crippen LogP contribution >= 0.6 is 11.3 Å². The molecule has 1 N–H and O–H groups in total. The summed E-state index contributed by atoms with van der Waals surface area (Å²) in [5.41, 5.74) is 1.43. The maximum atomic E-state index is 13.1. The Hall–Kier alpha value is -2.49. The van der Waals surface area contributed by atoms with Crippen LogP contribution in [0, 0.1) is 0 Å². The van der Waals surface area contributed by atoms with E-state index in [-0.39, 0.29) is 10.8 Å². The number of hydrogen-bond acceptors (Lipinski definition) is 5. The van der Waals surface area contributed by atoms with Crippen molar-refractivity contribution in [2.45, 2.75) is 37.2 Å². The number of sulfonamides is 1. The van der Waals surface area contributed by atoms with E-state index >= 15 is 0 Å². The molecule has 1 amide bonds. The van der Waals surface area contributed by atoms with Crippen molar-refractivity contribution >= 4 is 27.3 Å². The van der Waals surface area contributed by atoms with E-state index < -0.39 is 10.0 Å². The Morgan fingerprint density at radius 2 is 2.13 bits per heavy atom. The first-order valence-corrected chi connectivity index (χ1v) is 12.3. The number of carbonyl (C=O) groups is 1. The zero-order valence-corrected chi connectivity index (χ0v) is 18.2. The molecule has 0 fully saturated rings. The number of thiophene rings is 1. The third kappa shape index (κ3) is 4.63. The highest BCUT2D eigenvalue weighted by molar-refractivity contribution is 7.89. The molecule has 0 saturated heterocycles. The summed E-state index contributed by atoms with van der Waals surface area (Å²) in [5, 5.41) is 4.88. The Labute approximate surface area is 180 Å². The summed E-state index contributed by atoms with van der Waals surface area (Å²) in [4.78, 5) is 17.9. The van der Waals surface area contributed by atoms with E-state index in [0.717, 1.165) is 31.4 Å². The SMILES string of the molecule is O=C(NCCCCn1ccnc1)c1cccc(S(=O)(=O)N2CCc3sccc3C2)c1. The van der Waals surface area contributed by atoms with E-state index in [4.69, 9.17) is 0 Å². The third-order valence-electron chi connectivity index (χ3n) is 5.19. The van der Waals surface area contributed by atoms with Crippen molar-refractivity contribution in [3.63, 3.8) is 0 Å². The quantitative estimate of drug-likeness (QED) is 0.542. The number of nitrogens with one attached hydrogen (secondary N) is 1. The number of hydrogen-bond donors (Lipinski definition) is 1. The van der Waals surface area contributed by atoms with Crippen LogP contribution in [0.3, 0.4) is 0 Å². The van der Waals surface area contributed by atoms with Gasteiger partial charge in [-0.25, -0.2) is 13.4 Å². The van der Waals surface area contributed by atoms with Gasteiger partial charge in [0.05, 0.1) is 11.2 Å². The lowest BCUT2D eigenvalue weighted by molar-refractivity contribution is 0.0952. The summed E-state index contributed by atoms with van der Waals surface area (Å²) in [7, 11) is -3.64. The fourth-order valence-electron chi connectivity index (χ4n) is 3.52. The maximum Gasteiger partial charge on any atom is 0.251 e. The van der Waals surface area contributed by atoms with Gasteiger partial charge in [0.15, 0.2) is 0 Å². The lowest BCUT2D eigenvalue weighted by Crippen LogP contribution is -2.35. The average molecular weight is 445 g/mol. The van der Waals surface area contributed by atoms with Gasteiger partial charge in [-0.1, -0.05) is 6.07 Å². The monoisotopic (exact) mass is 444 g/mol. The highest BCUT2D eigenvalue weighted by atomic mass is 32.2. The molecule has 0 radical (unpaired) electrons. The number of unbranched alkanes of at least 4 members (excludes halogenated alkanes) is 1. The first-order valence-electron chi connectivity index (χ1n) is 9.93. The van der Waals surface area contributed by atoms with Gasteiger partial charge < -0.3 is 9.88 Å². The number of carbonyl (C=O) groups excluding carboxylic acids is 1. The second kappa shape index (κ2) is 9.11. The fraction of sp³-hybridized carbons (Fsp3) is 0.333. The van der Waals surface area contributed by atoms with Crippen LogP contribution in [0.25, 0.3) is 0 Å². The second-order valence-electron chi connectivity index (χ2n) is 7.25. The number of fused-ring (bicyclic) bond motifs is 1. The van der Waals surface area contributed by atoms with Crippen LogP contribution in [-0.4, -0.2) is 41.3 Å². The van der Waals surface area contributed by atoms with Crippen LogP contribution in [0.15, 0.2) is 59.3 Å². The van der Waals surface area contributed by atoms with Crippen LogP contribution in [0.5, 0.6) is 0 Å². The van der Waals surface area contributed by atoms with E-state index in [9.17, 15) is 13.2 Å². The van der Waals surface area contributed by atoms with Gasteiger partial charge in [0.2, 0.25) is 10.0 Å². The molecule has 1 aliphatic heterocycles. The number of aromatic nitrogens is 2. The van der Waals surface area contributed by atoms with Gasteiger partial charge in [-0.2, -0.15) is 4.31 Å². The van der Waals surface area contributed by atoms with Gasteiger partial charge in [-0.3, -0.25) is 4.79 Å². The Morgan fingerprint density at radius 3 is 2.97 bits per heavy atom. The van der Waals surface area contributed by atoms with E-state index in [1.165, 1.54) is 15.2 Å². The Kier molecular flexibility index (Phi) is 6.31. The molecule has 2 aromatic heterocycles. The zero-order chi connectivity index (χ0) is 21.0. The summed E-state index contributed by atoms with van der Waals surface area (Å²) in [6, 6.07) is 8.28. The number of benzene rings is 1. The smallest absolute Gasteiger partial charge is 0.251 e. The minimum Gasteiger partial charge on any atom is -0.352 e. The molecule has 9 heteroatoms. The van der Waals surface area contributed by atoms with E-state index in [0.29, 0.717) is 25.2 Å². The first kappa shape index (κ1) is 20.8. The molecule has 0 saturated carbocycles. The molecule has 0 bridgehead atoms. The molecule has 30 heavy (non-hydrogen) atoms. The molecule has 3 aromatic rings. The van der Waals surface area contributed by atoms with Crippen molar-refractivity contribution in [2.24, 2.45) is 0 Å². The summed E-state index contributed by atoms with van der Waals surface area (Å²) in [6.07, 6.45) is 7.90. The van der Waals surface area contributed by atoms with Gasteiger partial charge in [-0.05, 0) is 54.5 Å². The predicted octanol–water partition coefficient (Wildman–Crippen LogP) is 2.90. The molecule has 1 aliphatic rings. The molecular formula is C21H24N4O3S2. The normalized spacial score (nSPS) is 14.4. The van der Waals surface area contributed by atoms with Crippen molar-refractivity contribution in [3.05, 3.63) is 70.4 Å². The Bertz CT molecular complexity index is 1110. The summed E-state index contributed by atoms with van der Waals surface area (Å²) in [6.45, 7) is 2.24. The zero-order valence-electron chi connectivity index (χ0n) is 16.5. The van der Waals surface area contributed by atoms with E-state index in [1.807, 2.05) is 22.2 Å². The minimum absolute atomic E-state index is 0.161. The van der Waals surface area contributed by atoms with Crippen molar-refractivity contribution < 1.29 is 13.2 Å². The predicted molar refractivity (Wildman–Crippen MR) is 116 cm³/mol. The Balaban J connectivity index is 1.35. The highest BCUT2D eigenvalue weighted by Gasteiger charge is 2.29.